The normalized spacial score (nSPS) is 23.3. The summed E-state index contributed by atoms with van der Waals surface area (Å²) in [5.74, 6) is 0. The molecule has 0 saturated carbocycles. The lowest BCUT2D eigenvalue weighted by molar-refractivity contribution is 0.958. The van der Waals surface area contributed by atoms with E-state index in [9.17, 15) is 0 Å². The number of fused-ring (bicyclic) bond motifs is 3. The van der Waals surface area contributed by atoms with Crippen LogP contribution in [0.25, 0.3) is 18.2 Å². The van der Waals surface area contributed by atoms with Gasteiger partial charge in [-0.1, -0.05) is 116 Å². The van der Waals surface area contributed by atoms with E-state index in [0.29, 0.717) is 16.6 Å². The summed E-state index contributed by atoms with van der Waals surface area (Å²) >= 11 is 0. The number of hydrogen-bond donors (Lipinski definition) is 0. The van der Waals surface area contributed by atoms with Crippen LogP contribution in [0, 0.1) is 0 Å². The second-order valence-corrected chi connectivity index (χ2v) is 13.4. The van der Waals surface area contributed by atoms with Crippen LogP contribution in [0.2, 0.25) is 6.55 Å². The van der Waals surface area contributed by atoms with Crippen molar-refractivity contribution in [1.82, 2.24) is 0 Å². The maximum absolute atomic E-state index is 2.65. The number of allylic oxidation sites excluding steroid dienone is 3. The van der Waals surface area contributed by atoms with Crippen molar-refractivity contribution in [2.45, 2.75) is 23.2 Å². The Morgan fingerprint density at radius 2 is 0.793 bits per heavy atom. The zero-order valence-electron chi connectivity index (χ0n) is 16.6. The molecule has 0 saturated heterocycles. The predicted molar refractivity (Wildman–Crippen MR) is 126 cm³/mol. The van der Waals surface area contributed by atoms with Gasteiger partial charge in [0.1, 0.15) is 0 Å². The quantitative estimate of drug-likeness (QED) is 0.419. The van der Waals surface area contributed by atoms with Gasteiger partial charge in [0.05, 0.1) is 8.07 Å². The van der Waals surface area contributed by atoms with E-state index in [0.717, 1.165) is 0 Å². The first kappa shape index (κ1) is 17.0. The third-order valence-corrected chi connectivity index (χ3v) is 12.9. The lowest BCUT2D eigenvalue weighted by Gasteiger charge is -2.43. The summed E-state index contributed by atoms with van der Waals surface area (Å²) in [6.45, 7) is 2.65. The maximum Gasteiger partial charge on any atom is 0.0859 e. The topological polar surface area (TPSA) is 0 Å². The summed E-state index contributed by atoms with van der Waals surface area (Å²) < 4.78 is 0. The summed E-state index contributed by atoms with van der Waals surface area (Å²) in [6.07, 6.45) is 14.6. The highest BCUT2D eigenvalue weighted by atomic mass is 28.3. The fraction of sp³-hybridized carbons (Fsp3) is 0.143. The molecule has 6 rings (SSSR count). The largest absolute Gasteiger partial charge is 0.0859 e. The summed E-state index contributed by atoms with van der Waals surface area (Å²) in [6, 6.07) is 27.0. The molecule has 0 nitrogen and oxygen atoms in total. The van der Waals surface area contributed by atoms with Gasteiger partial charge in [-0.2, -0.15) is 0 Å². The molecule has 0 heterocycles. The minimum Gasteiger partial charge on any atom is -0.0790 e. The average Bonchev–Trinajstić information content (AvgIpc) is 3.49. The highest BCUT2D eigenvalue weighted by Gasteiger charge is 2.51. The minimum absolute atomic E-state index is 0.514. The van der Waals surface area contributed by atoms with E-state index in [1.54, 1.807) is 0 Å². The SMILES string of the molecule is C[Si]([C@H]1C=Cc2ccccc21)([C@H]1C=Cc2ccccc21)[C@H]1C=Cc2ccccc21. The average molecular weight is 389 g/mol. The van der Waals surface area contributed by atoms with Crippen molar-refractivity contribution in [2.24, 2.45) is 0 Å². The van der Waals surface area contributed by atoms with Crippen LogP contribution in [-0.2, 0) is 0 Å². The Labute approximate surface area is 173 Å². The molecular weight excluding hydrogens is 364 g/mol. The highest BCUT2D eigenvalue weighted by molar-refractivity contribution is 6.84. The molecule has 0 spiro atoms. The zero-order valence-corrected chi connectivity index (χ0v) is 17.6. The molecule has 3 aromatic carbocycles. The first-order chi connectivity index (χ1) is 14.3. The van der Waals surface area contributed by atoms with Crippen molar-refractivity contribution in [3.8, 4) is 0 Å². The van der Waals surface area contributed by atoms with Crippen LogP contribution in [0.3, 0.4) is 0 Å². The van der Waals surface area contributed by atoms with Crippen LogP contribution in [0.5, 0.6) is 0 Å². The van der Waals surface area contributed by atoms with Gasteiger partial charge in [0.25, 0.3) is 0 Å². The smallest absolute Gasteiger partial charge is 0.0790 e. The Morgan fingerprint density at radius 3 is 1.14 bits per heavy atom. The molecule has 3 atom stereocenters. The van der Waals surface area contributed by atoms with E-state index in [1.165, 1.54) is 33.4 Å². The molecule has 140 valence electrons. The van der Waals surface area contributed by atoms with E-state index >= 15 is 0 Å². The van der Waals surface area contributed by atoms with Crippen molar-refractivity contribution in [1.29, 1.82) is 0 Å². The number of hydrogen-bond acceptors (Lipinski definition) is 0. The Kier molecular flexibility index (Phi) is 3.69. The molecule has 0 aromatic heterocycles. The van der Waals surface area contributed by atoms with Crippen molar-refractivity contribution in [2.75, 3.05) is 0 Å². The standard InChI is InChI=1S/C28H24Si/c1-29(26-17-14-20-8-2-5-11-23(20)26,27-18-15-21-9-3-6-12-24(21)27)28-19-16-22-10-4-7-13-25(22)28/h2-19,26-28H,1H3/t26-,27-,28-/m0/s1. The molecule has 0 N–H and O–H groups in total. The van der Waals surface area contributed by atoms with Gasteiger partial charge in [-0.3, -0.25) is 0 Å². The Morgan fingerprint density at radius 1 is 0.483 bits per heavy atom. The van der Waals surface area contributed by atoms with Gasteiger partial charge in [-0.05, 0) is 50.0 Å². The van der Waals surface area contributed by atoms with Gasteiger partial charge in [0.15, 0.2) is 0 Å². The molecule has 0 fully saturated rings. The van der Waals surface area contributed by atoms with Gasteiger partial charge >= 0.3 is 0 Å². The van der Waals surface area contributed by atoms with E-state index < -0.39 is 8.07 Å². The van der Waals surface area contributed by atoms with E-state index in [4.69, 9.17) is 0 Å². The van der Waals surface area contributed by atoms with Crippen molar-refractivity contribution in [3.05, 3.63) is 124 Å². The Bertz CT molecular complexity index is 1050. The lowest BCUT2D eigenvalue weighted by Crippen LogP contribution is -2.48. The van der Waals surface area contributed by atoms with Crippen molar-refractivity contribution < 1.29 is 0 Å². The van der Waals surface area contributed by atoms with Crippen molar-refractivity contribution >= 4 is 26.3 Å². The molecule has 0 unspecified atom stereocenters. The lowest BCUT2D eigenvalue weighted by atomic mass is 10.1. The van der Waals surface area contributed by atoms with Crippen LogP contribution in [0.4, 0.5) is 0 Å². The van der Waals surface area contributed by atoms with Crippen LogP contribution in [-0.4, -0.2) is 8.07 Å². The number of rotatable bonds is 3. The first-order valence-corrected chi connectivity index (χ1v) is 13.3. The summed E-state index contributed by atoms with van der Waals surface area (Å²) in [5.41, 5.74) is 10.3. The summed E-state index contributed by atoms with van der Waals surface area (Å²) in [4.78, 5) is 0. The molecule has 1 heteroatoms. The molecule has 3 aliphatic rings. The molecule has 0 amide bonds. The summed E-state index contributed by atoms with van der Waals surface area (Å²) in [7, 11) is -1.96. The molecular formula is C28H24Si. The van der Waals surface area contributed by atoms with E-state index in [2.05, 4.69) is 116 Å². The van der Waals surface area contributed by atoms with Crippen molar-refractivity contribution in [3.63, 3.8) is 0 Å². The van der Waals surface area contributed by atoms with Gasteiger partial charge < -0.3 is 0 Å². The summed E-state index contributed by atoms with van der Waals surface area (Å²) in [5, 5.41) is 0. The second-order valence-electron chi connectivity index (χ2n) is 8.76. The van der Waals surface area contributed by atoms with Gasteiger partial charge in [-0.25, -0.2) is 0 Å². The minimum atomic E-state index is -1.96. The van der Waals surface area contributed by atoms with E-state index in [1.807, 2.05) is 0 Å². The van der Waals surface area contributed by atoms with Crippen LogP contribution in [0.15, 0.2) is 91.0 Å². The molecule has 0 radical (unpaired) electrons. The van der Waals surface area contributed by atoms with Gasteiger partial charge in [-0.15, -0.1) is 0 Å². The first-order valence-electron chi connectivity index (χ1n) is 10.6. The zero-order chi connectivity index (χ0) is 19.4. The van der Waals surface area contributed by atoms with Gasteiger partial charge in [0.2, 0.25) is 0 Å². The van der Waals surface area contributed by atoms with Gasteiger partial charge in [0, 0.05) is 0 Å². The molecule has 3 aromatic rings. The molecule has 0 bridgehead atoms. The third-order valence-electron chi connectivity index (χ3n) is 7.41. The van der Waals surface area contributed by atoms with Crippen LogP contribution >= 0.6 is 0 Å². The van der Waals surface area contributed by atoms with Crippen LogP contribution < -0.4 is 0 Å². The molecule has 0 aliphatic heterocycles. The fourth-order valence-corrected chi connectivity index (χ4v) is 11.4. The Hall–Kier alpha value is -2.90. The predicted octanol–water partition coefficient (Wildman–Crippen LogP) is 7.11. The van der Waals surface area contributed by atoms with E-state index in [-0.39, 0.29) is 0 Å². The number of benzene rings is 3. The second kappa shape index (κ2) is 6.30. The highest BCUT2D eigenvalue weighted by Crippen LogP contribution is 2.54. The third kappa shape index (κ3) is 2.37. The molecule has 3 aliphatic carbocycles. The van der Waals surface area contributed by atoms with Crippen LogP contribution in [0.1, 0.15) is 50.0 Å². The fourth-order valence-electron chi connectivity index (χ4n) is 5.96. The molecule has 29 heavy (non-hydrogen) atoms. The Balaban J connectivity index is 1.57. The maximum atomic E-state index is 2.65. The monoisotopic (exact) mass is 388 g/mol.